The van der Waals surface area contributed by atoms with Crippen LogP contribution in [0, 0.1) is 11.7 Å². The molecule has 0 radical (unpaired) electrons. The van der Waals surface area contributed by atoms with Gasteiger partial charge in [0.25, 0.3) is 15.9 Å². The average Bonchev–Trinajstić information content (AvgIpc) is 2.74. The summed E-state index contributed by atoms with van der Waals surface area (Å²) in [6.07, 6.45) is 0. The number of amides is 1. The molecule has 0 bridgehead atoms. The highest BCUT2D eigenvalue weighted by Crippen LogP contribution is 2.23. The van der Waals surface area contributed by atoms with Gasteiger partial charge in [-0.1, -0.05) is 62.4 Å². The van der Waals surface area contributed by atoms with Crippen LogP contribution in [0.2, 0.25) is 0 Å². The van der Waals surface area contributed by atoms with E-state index in [4.69, 9.17) is 0 Å². The summed E-state index contributed by atoms with van der Waals surface area (Å²) in [7, 11) is -4.06. The molecule has 5 nitrogen and oxygen atoms in total. The number of nitrogens with one attached hydrogen (secondary N) is 2. The maximum Gasteiger partial charge on any atom is 0.262 e. The van der Waals surface area contributed by atoms with E-state index in [9.17, 15) is 17.6 Å². The first-order valence-electron chi connectivity index (χ1n) is 9.51. The van der Waals surface area contributed by atoms with Crippen molar-refractivity contribution in [1.29, 1.82) is 0 Å². The van der Waals surface area contributed by atoms with Crippen molar-refractivity contribution in [2.24, 2.45) is 5.92 Å². The van der Waals surface area contributed by atoms with Crippen LogP contribution in [-0.4, -0.2) is 14.3 Å². The highest BCUT2D eigenvalue weighted by molar-refractivity contribution is 7.92. The first-order valence-corrected chi connectivity index (χ1v) is 11.0. The zero-order chi connectivity index (χ0) is 21.7. The lowest BCUT2D eigenvalue weighted by Crippen LogP contribution is -2.31. The van der Waals surface area contributed by atoms with Gasteiger partial charge < -0.3 is 5.32 Å². The maximum absolute atomic E-state index is 13.8. The van der Waals surface area contributed by atoms with Crippen LogP contribution in [0.3, 0.4) is 0 Å². The number of sulfonamides is 1. The molecular weight excluding hydrogens is 403 g/mol. The minimum absolute atomic E-state index is 0.126. The van der Waals surface area contributed by atoms with Crippen LogP contribution in [-0.2, 0) is 10.0 Å². The van der Waals surface area contributed by atoms with Crippen LogP contribution in [0.5, 0.6) is 0 Å². The van der Waals surface area contributed by atoms with Gasteiger partial charge in [0.05, 0.1) is 16.6 Å². The molecule has 0 aliphatic rings. The fraction of sp³-hybridized carbons (Fsp3) is 0.174. The quantitative estimate of drug-likeness (QED) is 0.572. The van der Waals surface area contributed by atoms with E-state index in [2.05, 4.69) is 10.0 Å². The lowest BCUT2D eigenvalue weighted by atomic mass is 9.95. The Morgan fingerprint density at radius 3 is 2.23 bits per heavy atom. The molecule has 156 valence electrons. The summed E-state index contributed by atoms with van der Waals surface area (Å²) in [5.41, 5.74) is 1.01. The van der Waals surface area contributed by atoms with Crippen molar-refractivity contribution in [3.05, 3.63) is 95.8 Å². The molecule has 1 unspecified atom stereocenters. The third-order valence-electron chi connectivity index (χ3n) is 4.64. The number of hydrogen-bond acceptors (Lipinski definition) is 3. The molecule has 2 N–H and O–H groups in total. The summed E-state index contributed by atoms with van der Waals surface area (Å²) in [4.78, 5) is 12.7. The number of benzene rings is 3. The molecule has 1 atom stereocenters. The first-order chi connectivity index (χ1) is 14.3. The van der Waals surface area contributed by atoms with Gasteiger partial charge in [0.2, 0.25) is 0 Å². The van der Waals surface area contributed by atoms with Gasteiger partial charge >= 0.3 is 0 Å². The molecule has 30 heavy (non-hydrogen) atoms. The van der Waals surface area contributed by atoms with E-state index >= 15 is 0 Å². The van der Waals surface area contributed by atoms with Crippen molar-refractivity contribution >= 4 is 21.6 Å². The van der Waals surface area contributed by atoms with Crippen molar-refractivity contribution < 1.29 is 17.6 Å². The van der Waals surface area contributed by atoms with E-state index in [-0.39, 0.29) is 34.0 Å². The van der Waals surface area contributed by atoms with Crippen molar-refractivity contribution in [2.75, 3.05) is 4.72 Å². The molecule has 7 heteroatoms. The molecule has 0 spiro atoms. The maximum atomic E-state index is 13.8. The number of anilines is 1. The summed E-state index contributed by atoms with van der Waals surface area (Å²) in [6.45, 7) is 3.99. The van der Waals surface area contributed by atoms with E-state index in [0.717, 1.165) is 11.6 Å². The first kappa shape index (κ1) is 21.5. The number of rotatable bonds is 7. The lowest BCUT2D eigenvalue weighted by Gasteiger charge is -2.23. The van der Waals surface area contributed by atoms with Gasteiger partial charge in [0, 0.05) is 5.56 Å². The topological polar surface area (TPSA) is 75.3 Å². The second-order valence-electron chi connectivity index (χ2n) is 7.22. The molecule has 1 amide bonds. The Labute approximate surface area is 176 Å². The predicted molar refractivity (Wildman–Crippen MR) is 115 cm³/mol. The number of hydrogen-bond donors (Lipinski definition) is 2. The second kappa shape index (κ2) is 9.09. The van der Waals surface area contributed by atoms with Crippen molar-refractivity contribution in [2.45, 2.75) is 24.8 Å². The van der Waals surface area contributed by atoms with Gasteiger partial charge in [0.1, 0.15) is 5.82 Å². The summed E-state index contributed by atoms with van der Waals surface area (Å²) < 4.78 is 41.4. The van der Waals surface area contributed by atoms with Crippen molar-refractivity contribution in [1.82, 2.24) is 5.32 Å². The van der Waals surface area contributed by atoms with E-state index in [1.54, 1.807) is 6.07 Å². The molecule has 0 heterocycles. The Morgan fingerprint density at radius 2 is 1.57 bits per heavy atom. The second-order valence-corrected chi connectivity index (χ2v) is 8.90. The summed E-state index contributed by atoms with van der Waals surface area (Å²) in [5, 5.41) is 2.97. The van der Waals surface area contributed by atoms with Gasteiger partial charge in [-0.25, -0.2) is 12.8 Å². The Balaban J connectivity index is 1.83. The van der Waals surface area contributed by atoms with E-state index in [0.29, 0.717) is 0 Å². The molecule has 0 fully saturated rings. The molecule has 0 saturated carbocycles. The van der Waals surface area contributed by atoms with E-state index in [1.807, 2.05) is 44.2 Å². The van der Waals surface area contributed by atoms with Gasteiger partial charge in [-0.2, -0.15) is 0 Å². The minimum Gasteiger partial charge on any atom is -0.345 e. The number of halogens is 1. The average molecular weight is 427 g/mol. The van der Waals surface area contributed by atoms with Crippen LogP contribution in [0.25, 0.3) is 0 Å². The summed E-state index contributed by atoms with van der Waals surface area (Å²) in [6, 6.07) is 20.5. The largest absolute Gasteiger partial charge is 0.345 e. The van der Waals surface area contributed by atoms with Gasteiger partial charge in [0.15, 0.2) is 0 Å². The smallest absolute Gasteiger partial charge is 0.262 e. The Hall–Kier alpha value is -3.19. The Kier molecular flexibility index (Phi) is 6.52. The molecule has 3 rings (SSSR count). The SMILES string of the molecule is CC(C)C(NC(=O)c1cccc(S(=O)(=O)Nc2ccccc2F)c1)c1ccccc1. The molecule has 0 aliphatic heterocycles. The van der Waals surface area contributed by atoms with Crippen molar-refractivity contribution in [3.63, 3.8) is 0 Å². The zero-order valence-electron chi connectivity index (χ0n) is 16.7. The number of carbonyl (C=O) groups excluding carboxylic acids is 1. The highest BCUT2D eigenvalue weighted by Gasteiger charge is 2.21. The molecule has 0 aromatic heterocycles. The fourth-order valence-corrected chi connectivity index (χ4v) is 4.18. The standard InChI is InChI=1S/C23H23FN2O3S/c1-16(2)22(17-9-4-3-5-10-17)25-23(27)18-11-8-12-19(15-18)30(28,29)26-21-14-7-6-13-20(21)24/h3-16,22,26H,1-2H3,(H,25,27). The predicted octanol–water partition coefficient (Wildman–Crippen LogP) is 4.75. The van der Waals surface area contributed by atoms with Gasteiger partial charge in [-0.05, 0) is 41.8 Å². The fourth-order valence-electron chi connectivity index (χ4n) is 3.07. The zero-order valence-corrected chi connectivity index (χ0v) is 17.5. The summed E-state index contributed by atoms with van der Waals surface area (Å²) in [5.74, 6) is -0.941. The monoisotopic (exact) mass is 426 g/mol. The van der Waals surface area contributed by atoms with Crippen LogP contribution in [0.4, 0.5) is 10.1 Å². The molecular formula is C23H23FN2O3S. The molecule has 0 saturated heterocycles. The normalized spacial score (nSPS) is 12.4. The number of carbonyl (C=O) groups is 1. The lowest BCUT2D eigenvalue weighted by molar-refractivity contribution is 0.0925. The van der Waals surface area contributed by atoms with Gasteiger partial charge in [-0.3, -0.25) is 9.52 Å². The minimum atomic E-state index is -4.06. The van der Waals surface area contributed by atoms with Gasteiger partial charge in [-0.15, -0.1) is 0 Å². The molecule has 0 aliphatic carbocycles. The van der Waals surface area contributed by atoms with Crippen LogP contribution in [0.1, 0.15) is 35.8 Å². The molecule has 3 aromatic carbocycles. The number of para-hydroxylation sites is 1. The van der Waals surface area contributed by atoms with E-state index < -0.39 is 15.8 Å². The Morgan fingerprint density at radius 1 is 0.900 bits per heavy atom. The highest BCUT2D eigenvalue weighted by atomic mass is 32.2. The Bertz CT molecular complexity index is 1130. The van der Waals surface area contributed by atoms with Crippen molar-refractivity contribution in [3.8, 4) is 0 Å². The third-order valence-corrected chi connectivity index (χ3v) is 6.00. The summed E-state index contributed by atoms with van der Waals surface area (Å²) >= 11 is 0. The van der Waals surface area contributed by atoms with Crippen LogP contribution < -0.4 is 10.0 Å². The van der Waals surface area contributed by atoms with E-state index in [1.165, 1.54) is 36.4 Å². The van der Waals surface area contributed by atoms with Crippen LogP contribution >= 0.6 is 0 Å². The third kappa shape index (κ3) is 5.04. The molecule has 3 aromatic rings. The van der Waals surface area contributed by atoms with Crippen LogP contribution in [0.15, 0.2) is 83.8 Å².